The van der Waals surface area contributed by atoms with E-state index in [2.05, 4.69) is 26.0 Å². The van der Waals surface area contributed by atoms with Crippen molar-refractivity contribution in [2.24, 2.45) is 4.99 Å². The van der Waals surface area contributed by atoms with E-state index in [1.807, 2.05) is 54.6 Å². The fraction of sp³-hybridized carbons (Fsp3) is 0.160. The van der Waals surface area contributed by atoms with E-state index in [1.54, 1.807) is 14.2 Å². The van der Waals surface area contributed by atoms with Crippen LogP contribution in [0.1, 0.15) is 11.1 Å². The van der Waals surface area contributed by atoms with Gasteiger partial charge < -0.3 is 13.9 Å². The van der Waals surface area contributed by atoms with Crippen molar-refractivity contribution in [2.75, 3.05) is 14.2 Å². The Kier molecular flexibility index (Phi) is 5.09. The molecule has 0 N–H and O–H groups in total. The lowest BCUT2D eigenvalue weighted by Crippen LogP contribution is -2.05. The molecule has 0 bridgehead atoms. The van der Waals surface area contributed by atoms with Crippen molar-refractivity contribution in [1.82, 2.24) is 0 Å². The van der Waals surface area contributed by atoms with Crippen molar-refractivity contribution in [3.05, 3.63) is 83.2 Å². The maximum atomic E-state index is 6.29. The number of aryl methyl sites for hydroxylation is 2. The van der Waals surface area contributed by atoms with E-state index < -0.39 is 0 Å². The van der Waals surface area contributed by atoms with Crippen LogP contribution in [-0.4, -0.2) is 14.2 Å². The second kappa shape index (κ2) is 7.84. The van der Waals surface area contributed by atoms with Crippen LogP contribution in [0, 0.1) is 13.8 Å². The zero-order chi connectivity index (χ0) is 20.4. The molecule has 0 amide bonds. The highest BCUT2D eigenvalue weighted by Gasteiger charge is 2.10. The largest absolute Gasteiger partial charge is 0.497 e. The average Bonchev–Trinajstić information content (AvgIpc) is 2.73. The van der Waals surface area contributed by atoms with Crippen molar-refractivity contribution in [3.63, 3.8) is 0 Å². The van der Waals surface area contributed by atoms with E-state index in [0.29, 0.717) is 0 Å². The molecule has 0 aliphatic carbocycles. The predicted molar refractivity (Wildman–Crippen MR) is 116 cm³/mol. The third-order valence-corrected chi connectivity index (χ3v) is 4.89. The van der Waals surface area contributed by atoms with E-state index in [1.165, 1.54) is 0 Å². The van der Waals surface area contributed by atoms with Crippen LogP contribution >= 0.6 is 0 Å². The third-order valence-electron chi connectivity index (χ3n) is 4.89. The summed E-state index contributed by atoms with van der Waals surface area (Å²) in [7, 11) is 3.31. The lowest BCUT2D eigenvalue weighted by molar-refractivity contribution is 0.415. The van der Waals surface area contributed by atoms with Crippen LogP contribution in [-0.2, 0) is 0 Å². The molecule has 0 saturated carbocycles. The molecule has 4 aromatic rings. The predicted octanol–water partition coefficient (Wildman–Crippen LogP) is 5.97. The summed E-state index contributed by atoms with van der Waals surface area (Å²) >= 11 is 0. The number of hydrogen-bond acceptors (Lipinski definition) is 4. The van der Waals surface area contributed by atoms with Crippen LogP contribution in [0.15, 0.2) is 76.1 Å². The van der Waals surface area contributed by atoms with Gasteiger partial charge in [-0.25, -0.2) is 4.99 Å². The number of nitrogens with zero attached hydrogens (tertiary/aromatic N) is 1. The number of benzene rings is 3. The molecule has 0 radical (unpaired) electrons. The molecule has 3 aromatic carbocycles. The molecule has 4 heteroatoms. The Morgan fingerprint density at radius 2 is 1.59 bits per heavy atom. The highest BCUT2D eigenvalue weighted by molar-refractivity contribution is 5.83. The second-order valence-corrected chi connectivity index (χ2v) is 6.96. The van der Waals surface area contributed by atoms with Gasteiger partial charge in [0.1, 0.15) is 28.5 Å². The van der Waals surface area contributed by atoms with E-state index in [0.717, 1.165) is 56.0 Å². The highest BCUT2D eigenvalue weighted by Crippen LogP contribution is 2.29. The molecule has 0 aliphatic rings. The fourth-order valence-corrected chi connectivity index (χ4v) is 3.52. The summed E-state index contributed by atoms with van der Waals surface area (Å²) in [4.78, 5) is 4.94. The zero-order valence-electron chi connectivity index (χ0n) is 17.0. The van der Waals surface area contributed by atoms with Gasteiger partial charge in [-0.05, 0) is 67.4 Å². The average molecular weight is 385 g/mol. The van der Waals surface area contributed by atoms with Crippen molar-refractivity contribution in [2.45, 2.75) is 13.8 Å². The second-order valence-electron chi connectivity index (χ2n) is 6.96. The summed E-state index contributed by atoms with van der Waals surface area (Å²) in [5, 5.41) is 1.85. The van der Waals surface area contributed by atoms with Gasteiger partial charge in [0.05, 0.1) is 19.6 Å². The molecule has 1 aromatic heterocycles. The normalized spacial score (nSPS) is 11.7. The number of ether oxygens (including phenoxy) is 2. The first-order valence-electron chi connectivity index (χ1n) is 9.46. The molecular weight excluding hydrogens is 362 g/mol. The summed E-state index contributed by atoms with van der Waals surface area (Å²) in [5.41, 5.74) is 4.82. The smallest absolute Gasteiger partial charge is 0.144 e. The van der Waals surface area contributed by atoms with Crippen molar-refractivity contribution in [1.29, 1.82) is 0 Å². The topological polar surface area (TPSA) is 44.0 Å². The molecule has 0 spiro atoms. The maximum Gasteiger partial charge on any atom is 0.144 e. The highest BCUT2D eigenvalue weighted by atomic mass is 16.5. The Hall–Kier alpha value is -3.53. The van der Waals surface area contributed by atoms with Gasteiger partial charge in [0.2, 0.25) is 0 Å². The van der Waals surface area contributed by atoms with Gasteiger partial charge in [-0.3, -0.25) is 0 Å². The molecule has 1 heterocycles. The molecule has 4 rings (SSSR count). The van der Waals surface area contributed by atoms with E-state index >= 15 is 0 Å². The number of para-hydroxylation sites is 2. The summed E-state index contributed by atoms with van der Waals surface area (Å²) in [6.07, 6.45) is 0. The van der Waals surface area contributed by atoms with Crippen LogP contribution in [0.5, 0.6) is 11.5 Å². The quantitative estimate of drug-likeness (QED) is 0.435. The van der Waals surface area contributed by atoms with Gasteiger partial charge in [-0.2, -0.15) is 0 Å². The first kappa shape index (κ1) is 18.8. The monoisotopic (exact) mass is 385 g/mol. The minimum atomic E-state index is 0.734. The van der Waals surface area contributed by atoms with Crippen LogP contribution < -0.4 is 14.8 Å². The van der Waals surface area contributed by atoms with Crippen molar-refractivity contribution < 1.29 is 13.9 Å². The Bertz CT molecular complexity index is 1240. The maximum absolute atomic E-state index is 6.29. The van der Waals surface area contributed by atoms with Crippen molar-refractivity contribution >= 4 is 16.7 Å². The standard InChI is InChI=1S/C25H23NO3/c1-16-13-17(2)25-21(26-20-7-5-6-8-22(20)28-4)15-23(29-24(25)14-16)18-9-11-19(27-3)12-10-18/h5-15H,1-4H3. The molecule has 0 aliphatic heterocycles. The molecule has 0 unspecified atom stereocenters. The summed E-state index contributed by atoms with van der Waals surface area (Å²) in [6.45, 7) is 4.15. The SMILES string of the molecule is COc1ccc(-c2cc(=Nc3ccccc3OC)c3c(C)cc(C)cc3o2)cc1. The van der Waals surface area contributed by atoms with Gasteiger partial charge in [0, 0.05) is 17.0 Å². The van der Waals surface area contributed by atoms with Crippen LogP contribution in [0.3, 0.4) is 0 Å². The fourth-order valence-electron chi connectivity index (χ4n) is 3.52. The summed E-state index contributed by atoms with van der Waals surface area (Å²) in [6, 6.07) is 21.8. The van der Waals surface area contributed by atoms with Crippen LogP contribution in [0.25, 0.3) is 22.3 Å². The minimum Gasteiger partial charge on any atom is -0.497 e. The lowest BCUT2D eigenvalue weighted by atomic mass is 10.0. The van der Waals surface area contributed by atoms with Crippen LogP contribution in [0.4, 0.5) is 5.69 Å². The Morgan fingerprint density at radius 3 is 2.31 bits per heavy atom. The van der Waals surface area contributed by atoms with Gasteiger partial charge in [-0.1, -0.05) is 18.2 Å². The molecule has 146 valence electrons. The van der Waals surface area contributed by atoms with Crippen LogP contribution in [0.2, 0.25) is 0 Å². The van der Waals surface area contributed by atoms with E-state index in [9.17, 15) is 0 Å². The molecule has 4 nitrogen and oxygen atoms in total. The molecule has 29 heavy (non-hydrogen) atoms. The molecule has 0 atom stereocenters. The van der Waals surface area contributed by atoms with Crippen molar-refractivity contribution in [3.8, 4) is 22.8 Å². The molecule has 0 fully saturated rings. The lowest BCUT2D eigenvalue weighted by Gasteiger charge is -2.10. The Balaban J connectivity index is 2.02. The third kappa shape index (κ3) is 3.74. The summed E-state index contributed by atoms with van der Waals surface area (Å²) in [5.74, 6) is 2.29. The number of methoxy groups -OCH3 is 2. The Morgan fingerprint density at radius 1 is 0.828 bits per heavy atom. The first-order valence-corrected chi connectivity index (χ1v) is 9.46. The van der Waals surface area contributed by atoms with Gasteiger partial charge in [0.15, 0.2) is 0 Å². The zero-order valence-corrected chi connectivity index (χ0v) is 17.0. The minimum absolute atomic E-state index is 0.734. The number of fused-ring (bicyclic) bond motifs is 1. The number of hydrogen-bond donors (Lipinski definition) is 0. The van der Waals surface area contributed by atoms with Gasteiger partial charge in [0.25, 0.3) is 0 Å². The summed E-state index contributed by atoms with van der Waals surface area (Å²) < 4.78 is 17.0. The van der Waals surface area contributed by atoms with Gasteiger partial charge in [-0.15, -0.1) is 0 Å². The van der Waals surface area contributed by atoms with Gasteiger partial charge >= 0.3 is 0 Å². The van der Waals surface area contributed by atoms with E-state index in [4.69, 9.17) is 18.9 Å². The molecule has 0 saturated heterocycles. The first-order chi connectivity index (χ1) is 14.1. The molecular formula is C25H23NO3. The Labute approximate surface area is 170 Å². The number of rotatable bonds is 4. The van der Waals surface area contributed by atoms with E-state index in [-0.39, 0.29) is 0 Å².